The summed E-state index contributed by atoms with van der Waals surface area (Å²) in [7, 11) is 0. The van der Waals surface area contributed by atoms with Gasteiger partial charge in [0.2, 0.25) is 47.3 Å². The van der Waals surface area contributed by atoms with Gasteiger partial charge in [-0.15, -0.1) is 0 Å². The topological polar surface area (TPSA) is 419 Å². The molecule has 0 unspecified atom stereocenters. The van der Waals surface area contributed by atoms with Crippen LogP contribution in [0.2, 0.25) is 0 Å². The second kappa shape index (κ2) is 29.8. The number of likely N-dealkylation sites (tertiary alicyclic amines) is 1. The number of carboxylic acids is 4. The molecule has 9 atom stereocenters. The van der Waals surface area contributed by atoms with E-state index in [2.05, 4.69) is 37.2 Å². The van der Waals surface area contributed by atoms with Crippen LogP contribution >= 0.6 is 0 Å². The Balaban J connectivity index is 2.25. The zero-order valence-corrected chi connectivity index (χ0v) is 40.9. The molecular weight excluding hydrogens is 951 g/mol. The monoisotopic (exact) mass is 1020 g/mol. The predicted molar refractivity (Wildman–Crippen MR) is 252 cm³/mol. The standard InChI is InChI=1S/C46H69N9O17/c1-23(2)18-27(47)39(64)52-31(21-37(62)63)45(70)55-17-9-12-33(55)43(68)50-29(14-16-36(60)61)41(66)54-38(25(5)56)44(69)48-22-34(57)49-28(13-15-35(58)59)40(65)51-30(20-26-10-7-6-8-11-26)42(67)53-32(46(71)72)19-24(3)4/h6-8,10-11,23-25,27-33,38,56H,9,12-22,47H2,1-5H3,(H,48,69)(H,49,57)(H,50,68)(H,51,65)(H,52,64)(H,53,67)(H,54,66)(H,58,59)(H,60,61)(H,62,63)(H,71,72)/t25-,27+,28+,29+,30+,31+,32+,33+,38+/m1/s1. The first kappa shape index (κ1) is 60.9. The molecule has 1 aliphatic heterocycles. The molecule has 1 aromatic rings. The van der Waals surface area contributed by atoms with E-state index in [1.807, 2.05) is 0 Å². The predicted octanol–water partition coefficient (Wildman–Crippen LogP) is -2.67. The summed E-state index contributed by atoms with van der Waals surface area (Å²) in [6.07, 6.45) is -4.61. The van der Waals surface area contributed by atoms with Gasteiger partial charge in [-0.1, -0.05) is 58.0 Å². The molecule has 14 N–H and O–H groups in total. The Bertz CT molecular complexity index is 2100. The lowest BCUT2D eigenvalue weighted by atomic mass is 10.0. The van der Waals surface area contributed by atoms with Gasteiger partial charge in [-0.05, 0) is 62.8 Å². The molecule has 26 heteroatoms. The Labute approximate surface area is 415 Å². The molecule has 0 bridgehead atoms. The van der Waals surface area contributed by atoms with E-state index in [-0.39, 0.29) is 50.5 Å². The first-order chi connectivity index (χ1) is 33.7. The van der Waals surface area contributed by atoms with Crippen molar-refractivity contribution in [3.63, 3.8) is 0 Å². The van der Waals surface area contributed by atoms with E-state index in [4.69, 9.17) is 5.73 Å². The second-order valence-corrected chi connectivity index (χ2v) is 18.4. The Kier molecular flexibility index (Phi) is 25.2. The molecular formula is C46H69N9O17. The van der Waals surface area contributed by atoms with Gasteiger partial charge < -0.3 is 73.4 Å². The number of hydrogen-bond acceptors (Lipinski definition) is 14. The van der Waals surface area contributed by atoms with Gasteiger partial charge in [0.25, 0.3) is 0 Å². The maximum atomic E-state index is 13.7. The third-order valence-electron chi connectivity index (χ3n) is 11.2. The lowest BCUT2D eigenvalue weighted by Crippen LogP contribution is -2.60. The Morgan fingerprint density at radius 1 is 0.625 bits per heavy atom. The SMILES string of the molecule is CC(C)C[C@H](NC(=O)[C@H](Cc1ccccc1)NC(=O)[C@H](CCC(=O)O)NC(=O)CNC(=O)[C@@H](NC(=O)[C@H](CCC(=O)O)NC(=O)[C@@H]1CCCN1C(=O)[C@H](CC(=O)O)NC(=O)[C@@H](N)CC(C)C)[C@@H](C)O)C(=O)O. The summed E-state index contributed by atoms with van der Waals surface area (Å²) in [5, 5.41) is 64.8. The summed E-state index contributed by atoms with van der Waals surface area (Å²) in [4.78, 5) is 155. The lowest BCUT2D eigenvalue weighted by Gasteiger charge is -2.30. The van der Waals surface area contributed by atoms with Crippen LogP contribution in [0.4, 0.5) is 0 Å². The number of aliphatic hydroxyl groups excluding tert-OH is 1. The first-order valence-electron chi connectivity index (χ1n) is 23.5. The van der Waals surface area contributed by atoms with Crippen LogP contribution in [0.5, 0.6) is 0 Å². The quantitative estimate of drug-likeness (QED) is 0.0361. The fourth-order valence-corrected chi connectivity index (χ4v) is 7.59. The number of nitrogens with zero attached hydrogens (tertiary/aromatic N) is 1. The number of amides is 8. The number of aliphatic carboxylic acids is 4. The summed E-state index contributed by atoms with van der Waals surface area (Å²) in [5.74, 6) is -13.7. The summed E-state index contributed by atoms with van der Waals surface area (Å²) >= 11 is 0. The van der Waals surface area contributed by atoms with Crippen molar-refractivity contribution >= 4 is 71.1 Å². The fraction of sp³-hybridized carbons (Fsp3) is 0.609. The van der Waals surface area contributed by atoms with Gasteiger partial charge in [0, 0.05) is 25.8 Å². The van der Waals surface area contributed by atoms with Crippen LogP contribution in [0.1, 0.15) is 98.0 Å². The van der Waals surface area contributed by atoms with Gasteiger partial charge in [-0.25, -0.2) is 4.79 Å². The van der Waals surface area contributed by atoms with Gasteiger partial charge in [0.05, 0.1) is 25.1 Å². The van der Waals surface area contributed by atoms with E-state index in [1.165, 1.54) is 0 Å². The number of aliphatic hydroxyl groups is 1. The van der Waals surface area contributed by atoms with Gasteiger partial charge >= 0.3 is 23.9 Å². The molecule has 400 valence electrons. The molecule has 8 amide bonds. The Morgan fingerprint density at radius 2 is 1.15 bits per heavy atom. The highest BCUT2D eigenvalue weighted by Gasteiger charge is 2.41. The zero-order chi connectivity index (χ0) is 54.4. The van der Waals surface area contributed by atoms with Crippen molar-refractivity contribution in [1.29, 1.82) is 0 Å². The molecule has 1 heterocycles. The van der Waals surface area contributed by atoms with Crippen LogP contribution < -0.4 is 43.0 Å². The van der Waals surface area contributed by atoms with Crippen molar-refractivity contribution in [2.24, 2.45) is 17.6 Å². The minimum Gasteiger partial charge on any atom is -0.481 e. The van der Waals surface area contributed by atoms with E-state index in [0.717, 1.165) is 11.8 Å². The van der Waals surface area contributed by atoms with E-state index < -0.39 is 164 Å². The molecule has 0 radical (unpaired) electrons. The molecule has 0 aliphatic carbocycles. The minimum absolute atomic E-state index is 0.0136. The first-order valence-corrected chi connectivity index (χ1v) is 23.5. The van der Waals surface area contributed by atoms with Crippen molar-refractivity contribution in [1.82, 2.24) is 42.1 Å². The molecule has 1 aliphatic rings. The molecule has 26 nitrogen and oxygen atoms in total. The average Bonchev–Trinajstić information content (AvgIpc) is 3.79. The van der Waals surface area contributed by atoms with Crippen LogP contribution in [-0.4, -0.2) is 169 Å². The van der Waals surface area contributed by atoms with Gasteiger partial charge in [-0.2, -0.15) is 0 Å². The molecule has 1 saturated heterocycles. The number of carboxylic acid groups (broad SMARTS) is 4. The molecule has 0 saturated carbocycles. The summed E-state index contributed by atoms with van der Waals surface area (Å²) in [5.41, 5.74) is 6.49. The molecule has 0 spiro atoms. The van der Waals surface area contributed by atoms with Gasteiger partial charge in [0.1, 0.15) is 42.3 Å². The number of nitrogens with one attached hydrogen (secondary N) is 7. The third kappa shape index (κ3) is 21.4. The highest BCUT2D eigenvalue weighted by molar-refractivity contribution is 5.98. The summed E-state index contributed by atoms with van der Waals surface area (Å²) in [6, 6.07) is -3.65. The van der Waals surface area contributed by atoms with Crippen molar-refractivity contribution in [2.45, 2.75) is 153 Å². The second-order valence-electron chi connectivity index (χ2n) is 18.4. The normalized spacial score (nSPS) is 16.6. The van der Waals surface area contributed by atoms with Crippen LogP contribution in [0.25, 0.3) is 0 Å². The van der Waals surface area contributed by atoms with Crippen LogP contribution in [0, 0.1) is 11.8 Å². The zero-order valence-electron chi connectivity index (χ0n) is 40.9. The van der Waals surface area contributed by atoms with Crippen molar-refractivity contribution in [3.8, 4) is 0 Å². The highest BCUT2D eigenvalue weighted by atomic mass is 16.4. The number of carbonyl (C=O) groups excluding carboxylic acids is 8. The maximum Gasteiger partial charge on any atom is 0.326 e. The summed E-state index contributed by atoms with van der Waals surface area (Å²) < 4.78 is 0. The lowest BCUT2D eigenvalue weighted by molar-refractivity contribution is -0.146. The molecule has 1 fully saturated rings. The molecule has 0 aromatic heterocycles. The van der Waals surface area contributed by atoms with E-state index in [0.29, 0.717) is 5.56 Å². The maximum absolute atomic E-state index is 13.7. The number of rotatable bonds is 31. The van der Waals surface area contributed by atoms with Crippen LogP contribution in [0.15, 0.2) is 30.3 Å². The molecule has 1 aromatic carbocycles. The summed E-state index contributed by atoms with van der Waals surface area (Å²) in [6.45, 7) is 7.17. The van der Waals surface area contributed by atoms with Crippen molar-refractivity contribution in [3.05, 3.63) is 35.9 Å². The highest BCUT2D eigenvalue weighted by Crippen LogP contribution is 2.20. The van der Waals surface area contributed by atoms with Crippen molar-refractivity contribution < 1.29 is 83.1 Å². The van der Waals surface area contributed by atoms with Crippen LogP contribution in [-0.2, 0) is 64.0 Å². The van der Waals surface area contributed by atoms with Crippen molar-refractivity contribution in [2.75, 3.05) is 13.1 Å². The largest absolute Gasteiger partial charge is 0.481 e. The number of benzene rings is 1. The van der Waals surface area contributed by atoms with Gasteiger partial charge in [-0.3, -0.25) is 52.7 Å². The number of carbonyl (C=O) groups is 12. The molecule has 72 heavy (non-hydrogen) atoms. The van der Waals surface area contributed by atoms with E-state index in [9.17, 15) is 83.1 Å². The third-order valence-corrected chi connectivity index (χ3v) is 11.2. The smallest absolute Gasteiger partial charge is 0.326 e. The van der Waals surface area contributed by atoms with Crippen LogP contribution in [0.3, 0.4) is 0 Å². The number of nitrogens with two attached hydrogens (primary N) is 1. The average molecular weight is 1020 g/mol. The fourth-order valence-electron chi connectivity index (χ4n) is 7.59. The van der Waals surface area contributed by atoms with Gasteiger partial charge in [0.15, 0.2) is 0 Å². The Hall–Kier alpha value is -7.22. The van der Waals surface area contributed by atoms with E-state index >= 15 is 0 Å². The molecule has 2 rings (SSSR count). The number of hydrogen-bond donors (Lipinski definition) is 13. The Morgan fingerprint density at radius 3 is 1.68 bits per heavy atom. The minimum atomic E-state index is -1.87. The van der Waals surface area contributed by atoms with E-state index in [1.54, 1.807) is 58.0 Å².